The van der Waals surface area contributed by atoms with Crippen LogP contribution in [0.3, 0.4) is 0 Å². The zero-order valence-electron chi connectivity index (χ0n) is 17.8. The lowest BCUT2D eigenvalue weighted by Gasteiger charge is -2.16. The molecule has 0 aliphatic rings. The summed E-state index contributed by atoms with van der Waals surface area (Å²) in [7, 11) is -3.78. The Hall–Kier alpha value is -3.33. The Labute approximate surface area is 195 Å². The van der Waals surface area contributed by atoms with E-state index in [-0.39, 0.29) is 9.79 Å². The molecule has 33 heavy (non-hydrogen) atoms. The Morgan fingerprint density at radius 2 is 1.70 bits per heavy atom. The lowest BCUT2D eigenvalue weighted by molar-refractivity contribution is -0.138. The molecule has 7 nitrogen and oxygen atoms in total. The number of hydrogen-bond donors (Lipinski definition) is 3. The second-order valence-corrected chi connectivity index (χ2v) is 10.1. The van der Waals surface area contributed by atoms with Gasteiger partial charge < -0.3 is 20.6 Å². The van der Waals surface area contributed by atoms with Gasteiger partial charge in [0.1, 0.15) is 17.5 Å². The third kappa shape index (κ3) is 4.32. The first kappa shape index (κ1) is 22.8. The number of carboxylic acid groups (broad SMARTS) is 1. The number of benzene rings is 3. The molecule has 3 aromatic carbocycles. The fourth-order valence-corrected chi connectivity index (χ4v) is 5.23. The standard InChI is InChI=1S/C24H21ClN2O5S/c1-13-9-15(22(26)24(28)29)10-14(2)23(13)32-17-5-8-20-19(11-17)21(12-27-20)33(30,31)18-6-3-16(25)4-7-18/h3-12,22,27H,26H2,1-2H3,(H,28,29)/t22-/m0/s1. The van der Waals surface area contributed by atoms with Crippen molar-refractivity contribution in [2.24, 2.45) is 5.73 Å². The van der Waals surface area contributed by atoms with E-state index in [2.05, 4.69) is 4.98 Å². The number of fused-ring (bicyclic) bond motifs is 1. The molecule has 0 fully saturated rings. The van der Waals surface area contributed by atoms with Gasteiger partial charge in [-0.25, -0.2) is 8.42 Å². The molecular weight excluding hydrogens is 464 g/mol. The van der Waals surface area contributed by atoms with Crippen molar-refractivity contribution in [2.75, 3.05) is 0 Å². The van der Waals surface area contributed by atoms with Crippen molar-refractivity contribution in [1.29, 1.82) is 0 Å². The van der Waals surface area contributed by atoms with Crippen LogP contribution in [0.5, 0.6) is 11.5 Å². The highest BCUT2D eigenvalue weighted by molar-refractivity contribution is 7.91. The SMILES string of the molecule is Cc1cc([C@H](N)C(=O)O)cc(C)c1Oc1ccc2[nH]cc(S(=O)(=O)c3ccc(Cl)cc3)c2c1. The summed E-state index contributed by atoms with van der Waals surface area (Å²) in [6, 6.07) is 13.3. The first-order chi connectivity index (χ1) is 15.6. The summed E-state index contributed by atoms with van der Waals surface area (Å²) in [5.74, 6) is -0.126. The number of hydrogen-bond acceptors (Lipinski definition) is 5. The highest BCUT2D eigenvalue weighted by Gasteiger charge is 2.23. The molecule has 1 atom stereocenters. The number of nitrogens with two attached hydrogens (primary N) is 1. The van der Waals surface area contributed by atoms with Gasteiger partial charge in [-0.15, -0.1) is 0 Å². The van der Waals surface area contributed by atoms with Crippen LogP contribution in [-0.4, -0.2) is 24.5 Å². The quantitative estimate of drug-likeness (QED) is 0.348. The Kier molecular flexibility index (Phi) is 5.92. The second kappa shape index (κ2) is 8.55. The molecule has 4 aromatic rings. The van der Waals surface area contributed by atoms with Crippen molar-refractivity contribution < 1.29 is 23.1 Å². The van der Waals surface area contributed by atoms with Crippen molar-refractivity contribution in [1.82, 2.24) is 4.98 Å². The molecule has 4 rings (SSSR count). The molecule has 0 saturated heterocycles. The van der Waals surface area contributed by atoms with Crippen molar-refractivity contribution in [3.63, 3.8) is 0 Å². The van der Waals surface area contributed by atoms with Crippen LogP contribution in [0.25, 0.3) is 10.9 Å². The molecule has 0 amide bonds. The van der Waals surface area contributed by atoms with Gasteiger partial charge in [-0.2, -0.15) is 0 Å². The molecule has 0 bridgehead atoms. The molecule has 0 aliphatic heterocycles. The topological polar surface area (TPSA) is 122 Å². The first-order valence-corrected chi connectivity index (χ1v) is 11.8. The lowest BCUT2D eigenvalue weighted by atomic mass is 10.0. The van der Waals surface area contributed by atoms with Gasteiger partial charge in [0.05, 0.1) is 9.79 Å². The average molecular weight is 485 g/mol. The van der Waals surface area contributed by atoms with Crippen LogP contribution in [0.2, 0.25) is 5.02 Å². The monoisotopic (exact) mass is 484 g/mol. The van der Waals surface area contributed by atoms with E-state index < -0.39 is 21.8 Å². The molecule has 9 heteroatoms. The van der Waals surface area contributed by atoms with Gasteiger partial charge in [-0.1, -0.05) is 23.7 Å². The fraction of sp³-hybridized carbons (Fsp3) is 0.125. The molecule has 170 valence electrons. The number of ether oxygens (including phenoxy) is 1. The second-order valence-electron chi connectivity index (χ2n) is 7.72. The van der Waals surface area contributed by atoms with E-state index in [1.165, 1.54) is 30.5 Å². The van der Waals surface area contributed by atoms with E-state index in [4.69, 9.17) is 22.1 Å². The van der Waals surface area contributed by atoms with Crippen molar-refractivity contribution in [3.8, 4) is 11.5 Å². The largest absolute Gasteiger partial charge is 0.480 e. The molecule has 0 unspecified atom stereocenters. The highest BCUT2D eigenvalue weighted by atomic mass is 35.5. The van der Waals surface area contributed by atoms with Crippen LogP contribution in [0.15, 0.2) is 70.6 Å². The van der Waals surface area contributed by atoms with Gasteiger partial charge in [0.25, 0.3) is 0 Å². The summed E-state index contributed by atoms with van der Waals surface area (Å²) >= 11 is 5.89. The number of sulfone groups is 1. The summed E-state index contributed by atoms with van der Waals surface area (Å²) in [6.45, 7) is 3.59. The summed E-state index contributed by atoms with van der Waals surface area (Å²) in [4.78, 5) is 14.5. The minimum absolute atomic E-state index is 0.126. The normalized spacial score (nSPS) is 12.6. The van der Waals surface area contributed by atoms with E-state index in [9.17, 15) is 18.3 Å². The van der Waals surface area contributed by atoms with Crippen molar-refractivity contribution in [2.45, 2.75) is 29.7 Å². The first-order valence-electron chi connectivity index (χ1n) is 9.97. The molecule has 4 N–H and O–H groups in total. The van der Waals surface area contributed by atoms with Gasteiger partial charge in [0.2, 0.25) is 9.84 Å². The maximum absolute atomic E-state index is 13.2. The van der Waals surface area contributed by atoms with Crippen LogP contribution >= 0.6 is 11.6 Å². The Morgan fingerprint density at radius 1 is 1.06 bits per heavy atom. The molecule has 0 radical (unpaired) electrons. The number of H-pyrrole nitrogens is 1. The number of carbonyl (C=O) groups is 1. The molecule has 0 aliphatic carbocycles. The zero-order chi connectivity index (χ0) is 23.9. The number of halogens is 1. The number of rotatable bonds is 6. The number of aromatic amines is 1. The smallest absolute Gasteiger partial charge is 0.325 e. The Bertz CT molecular complexity index is 1450. The Balaban J connectivity index is 1.73. The van der Waals surface area contributed by atoms with Crippen LogP contribution < -0.4 is 10.5 Å². The van der Waals surface area contributed by atoms with Crippen LogP contribution in [0.1, 0.15) is 22.7 Å². The minimum Gasteiger partial charge on any atom is -0.480 e. The lowest BCUT2D eigenvalue weighted by Crippen LogP contribution is -2.20. The third-order valence-electron chi connectivity index (χ3n) is 5.36. The number of nitrogens with one attached hydrogen (secondary N) is 1. The highest BCUT2D eigenvalue weighted by Crippen LogP contribution is 2.35. The maximum Gasteiger partial charge on any atom is 0.325 e. The number of carboxylic acids is 1. The van der Waals surface area contributed by atoms with E-state index in [1.54, 1.807) is 44.2 Å². The molecular formula is C24H21ClN2O5S. The summed E-state index contributed by atoms with van der Waals surface area (Å²) in [5.41, 5.74) is 8.28. The molecule has 0 saturated carbocycles. The molecule has 1 heterocycles. The summed E-state index contributed by atoms with van der Waals surface area (Å²) < 4.78 is 32.5. The van der Waals surface area contributed by atoms with Gasteiger partial charge in [0, 0.05) is 22.1 Å². The predicted octanol–water partition coefficient (Wildman–Crippen LogP) is 5.15. The van der Waals surface area contributed by atoms with E-state index >= 15 is 0 Å². The summed E-state index contributed by atoms with van der Waals surface area (Å²) in [5, 5.41) is 10.1. The van der Waals surface area contributed by atoms with Gasteiger partial charge in [0.15, 0.2) is 0 Å². The van der Waals surface area contributed by atoms with Crippen LogP contribution in [0, 0.1) is 13.8 Å². The van der Waals surface area contributed by atoms with Gasteiger partial charge >= 0.3 is 5.97 Å². The minimum atomic E-state index is -3.78. The molecule has 0 spiro atoms. The maximum atomic E-state index is 13.2. The predicted molar refractivity (Wildman–Crippen MR) is 126 cm³/mol. The van der Waals surface area contributed by atoms with Crippen LogP contribution in [-0.2, 0) is 14.6 Å². The average Bonchev–Trinajstić information content (AvgIpc) is 3.20. The fourth-order valence-electron chi connectivity index (χ4n) is 3.69. The zero-order valence-corrected chi connectivity index (χ0v) is 19.4. The van der Waals surface area contributed by atoms with E-state index in [1.807, 2.05) is 0 Å². The molecule has 1 aromatic heterocycles. The van der Waals surface area contributed by atoms with E-state index in [0.717, 1.165) is 0 Å². The van der Waals surface area contributed by atoms with Crippen molar-refractivity contribution in [3.05, 3.63) is 82.5 Å². The van der Waals surface area contributed by atoms with E-state index in [0.29, 0.717) is 44.1 Å². The van der Waals surface area contributed by atoms with Crippen molar-refractivity contribution >= 4 is 38.3 Å². The van der Waals surface area contributed by atoms with Gasteiger partial charge in [-0.05, 0) is 73.0 Å². The third-order valence-corrected chi connectivity index (χ3v) is 7.42. The number of aryl methyl sites for hydroxylation is 2. The number of aliphatic carboxylic acids is 1. The Morgan fingerprint density at radius 3 is 2.30 bits per heavy atom. The van der Waals surface area contributed by atoms with Crippen LogP contribution in [0.4, 0.5) is 0 Å². The van der Waals surface area contributed by atoms with Gasteiger partial charge in [-0.3, -0.25) is 4.79 Å². The number of aromatic nitrogens is 1. The summed E-state index contributed by atoms with van der Waals surface area (Å²) in [6.07, 6.45) is 1.46.